The molecule has 2 aliphatic heterocycles. The number of hydrogen-bond acceptors (Lipinski definition) is 9. The molecule has 10 nitrogen and oxygen atoms in total. The summed E-state index contributed by atoms with van der Waals surface area (Å²) in [4.78, 5) is 11.4. The van der Waals surface area contributed by atoms with E-state index in [4.69, 9.17) is 14.6 Å². The van der Waals surface area contributed by atoms with Gasteiger partial charge in [-0.25, -0.2) is 9.97 Å². The normalized spacial score (nSPS) is 16.0. The first kappa shape index (κ1) is 24.0. The topological polar surface area (TPSA) is 101 Å². The van der Waals surface area contributed by atoms with Gasteiger partial charge in [0.15, 0.2) is 11.6 Å². The van der Waals surface area contributed by atoms with Crippen molar-refractivity contribution in [1.29, 1.82) is 0 Å². The quantitative estimate of drug-likeness (QED) is 0.442. The number of morpholine rings is 1. The number of hydrogen-bond donors (Lipinski definition) is 2. The molecule has 0 aliphatic carbocycles. The molecule has 0 spiro atoms. The van der Waals surface area contributed by atoms with Crippen LogP contribution in [-0.2, 0) is 17.8 Å². The predicted molar refractivity (Wildman–Crippen MR) is 135 cm³/mol. The van der Waals surface area contributed by atoms with Gasteiger partial charge in [0, 0.05) is 43.2 Å². The molecule has 2 aromatic heterocycles. The Hall–Kier alpha value is -3.73. The fourth-order valence-electron chi connectivity index (χ4n) is 4.12. The van der Waals surface area contributed by atoms with Crippen LogP contribution in [0.15, 0.2) is 67.4 Å². The van der Waals surface area contributed by atoms with Gasteiger partial charge in [-0.2, -0.15) is 5.10 Å². The van der Waals surface area contributed by atoms with Crippen molar-refractivity contribution in [3.8, 4) is 17.1 Å². The molecule has 188 valence electrons. The smallest absolute Gasteiger partial charge is 0.159 e. The lowest BCUT2D eigenvalue weighted by Crippen LogP contribution is -2.38. The molecular weight excluding hydrogens is 458 g/mol. The van der Waals surface area contributed by atoms with E-state index in [1.807, 2.05) is 41.7 Å². The Morgan fingerprint density at radius 2 is 1.92 bits per heavy atom. The number of aromatic nitrogens is 4. The lowest BCUT2D eigenvalue weighted by molar-refractivity contribution is 0.0322. The van der Waals surface area contributed by atoms with Gasteiger partial charge >= 0.3 is 0 Å². The van der Waals surface area contributed by atoms with Crippen LogP contribution in [0.3, 0.4) is 0 Å². The molecule has 2 N–H and O–H groups in total. The van der Waals surface area contributed by atoms with Gasteiger partial charge in [-0.1, -0.05) is 18.2 Å². The summed E-state index contributed by atoms with van der Waals surface area (Å²) in [5.74, 6) is 1.34. The maximum absolute atomic E-state index is 9.11. The van der Waals surface area contributed by atoms with Crippen molar-refractivity contribution < 1.29 is 14.6 Å². The summed E-state index contributed by atoms with van der Waals surface area (Å²) in [5, 5.41) is 15.4. The number of aliphatic hydroxyl groups is 1. The van der Waals surface area contributed by atoms with Gasteiger partial charge in [-0.15, -0.1) is 0 Å². The fourth-order valence-corrected chi connectivity index (χ4v) is 4.12. The lowest BCUT2D eigenvalue weighted by Gasteiger charge is -2.26. The van der Waals surface area contributed by atoms with Crippen LogP contribution in [0.4, 0.5) is 0 Å². The number of ether oxygens (including phenoxy) is 2. The summed E-state index contributed by atoms with van der Waals surface area (Å²) in [6.07, 6.45) is 13.2. The van der Waals surface area contributed by atoms with Gasteiger partial charge in [-0.05, 0) is 23.8 Å². The average molecular weight is 490 g/mol. The highest BCUT2D eigenvalue weighted by atomic mass is 16.5. The molecule has 0 saturated carbocycles. The Morgan fingerprint density at radius 3 is 2.75 bits per heavy atom. The van der Waals surface area contributed by atoms with Crippen LogP contribution in [0.1, 0.15) is 11.1 Å². The summed E-state index contributed by atoms with van der Waals surface area (Å²) >= 11 is 0. The van der Waals surface area contributed by atoms with Crippen molar-refractivity contribution in [3.63, 3.8) is 0 Å². The van der Waals surface area contributed by atoms with Crippen molar-refractivity contribution in [1.82, 2.24) is 35.1 Å². The van der Waals surface area contributed by atoms with E-state index in [0.29, 0.717) is 31.3 Å². The number of rotatable bonds is 10. The fraction of sp³-hybridized carbons (Fsp3) is 0.346. The van der Waals surface area contributed by atoms with Gasteiger partial charge < -0.3 is 14.6 Å². The van der Waals surface area contributed by atoms with Crippen LogP contribution < -0.4 is 10.2 Å². The van der Waals surface area contributed by atoms with Crippen LogP contribution >= 0.6 is 0 Å². The first-order valence-corrected chi connectivity index (χ1v) is 12.2. The van der Waals surface area contributed by atoms with Crippen LogP contribution in [0.25, 0.3) is 17.1 Å². The van der Waals surface area contributed by atoms with Crippen molar-refractivity contribution in [2.45, 2.75) is 13.1 Å². The summed E-state index contributed by atoms with van der Waals surface area (Å²) in [5.41, 5.74) is 7.41. The standard InChI is InChI=1S/C26H31N7O3/c34-11-7-32-20-23(16-29-32)25-5-2-6-33(30-25)19-21-3-1-4-22(15-21)26-27-17-24(18-28-26)36-14-10-31-8-12-35-13-9-31/h1-6,15-18,20,30,34H,7-14,19H2. The number of aliphatic hydroxyl groups excluding tert-OH is 1. The Labute approximate surface area is 210 Å². The minimum Gasteiger partial charge on any atom is -0.489 e. The van der Waals surface area contributed by atoms with E-state index in [1.165, 1.54) is 0 Å². The van der Waals surface area contributed by atoms with Gasteiger partial charge in [0.25, 0.3) is 0 Å². The molecule has 3 aromatic rings. The molecule has 36 heavy (non-hydrogen) atoms. The SMILES string of the molecule is OCCn1cc(C2=CC=CN(Cc3cccc(-c4ncc(OCCN5CCOCC5)cn4)c3)N2)cn1. The Kier molecular flexibility index (Phi) is 7.86. The van der Waals surface area contributed by atoms with E-state index in [-0.39, 0.29) is 6.61 Å². The van der Waals surface area contributed by atoms with Crippen LogP contribution in [0.5, 0.6) is 5.75 Å². The Morgan fingerprint density at radius 1 is 1.06 bits per heavy atom. The zero-order chi connectivity index (χ0) is 24.6. The summed E-state index contributed by atoms with van der Waals surface area (Å²) < 4.78 is 12.9. The van der Waals surface area contributed by atoms with E-state index >= 15 is 0 Å². The first-order valence-electron chi connectivity index (χ1n) is 12.2. The van der Waals surface area contributed by atoms with Crippen LogP contribution in [0.2, 0.25) is 0 Å². The molecule has 4 heterocycles. The summed E-state index contributed by atoms with van der Waals surface area (Å²) in [6, 6.07) is 8.21. The third kappa shape index (κ3) is 6.28. The van der Waals surface area contributed by atoms with E-state index < -0.39 is 0 Å². The van der Waals surface area contributed by atoms with E-state index in [0.717, 1.165) is 55.2 Å². The molecule has 1 aromatic carbocycles. The molecule has 5 rings (SSSR count). The Balaban J connectivity index is 1.16. The first-order chi connectivity index (χ1) is 17.8. The van der Waals surface area contributed by atoms with Crippen molar-refractivity contribution in [2.75, 3.05) is 46.1 Å². The predicted octanol–water partition coefficient (Wildman–Crippen LogP) is 1.92. The number of nitrogens with zero attached hydrogens (tertiary/aromatic N) is 6. The molecule has 2 aliphatic rings. The second kappa shape index (κ2) is 11.8. The molecule has 0 unspecified atom stereocenters. The van der Waals surface area contributed by atoms with E-state index in [9.17, 15) is 0 Å². The van der Waals surface area contributed by atoms with E-state index in [1.54, 1.807) is 23.3 Å². The molecule has 10 heteroatoms. The van der Waals surface area contributed by atoms with Crippen molar-refractivity contribution in [2.24, 2.45) is 0 Å². The molecule has 0 atom stereocenters. The monoisotopic (exact) mass is 489 g/mol. The van der Waals surface area contributed by atoms with Crippen LogP contribution in [-0.4, -0.2) is 80.8 Å². The van der Waals surface area contributed by atoms with Crippen LogP contribution in [0, 0.1) is 0 Å². The number of benzene rings is 1. The molecule has 1 fully saturated rings. The highest BCUT2D eigenvalue weighted by Gasteiger charge is 2.13. The summed E-state index contributed by atoms with van der Waals surface area (Å²) in [6.45, 7) is 6.14. The average Bonchev–Trinajstić information content (AvgIpc) is 3.39. The molecule has 0 bridgehead atoms. The third-order valence-electron chi connectivity index (χ3n) is 6.01. The second-order valence-electron chi connectivity index (χ2n) is 8.62. The largest absolute Gasteiger partial charge is 0.489 e. The molecule has 0 radical (unpaired) electrons. The Bertz CT molecular complexity index is 1190. The van der Waals surface area contributed by atoms with Crippen molar-refractivity contribution >= 4 is 5.70 Å². The van der Waals surface area contributed by atoms with Gasteiger partial charge in [-0.3, -0.25) is 20.0 Å². The summed E-state index contributed by atoms with van der Waals surface area (Å²) in [7, 11) is 0. The zero-order valence-corrected chi connectivity index (χ0v) is 20.2. The molecule has 1 saturated heterocycles. The molecular formula is C26H31N7O3. The van der Waals surface area contributed by atoms with Gasteiger partial charge in [0.05, 0.1) is 57.2 Å². The van der Waals surface area contributed by atoms with Gasteiger partial charge in [0.1, 0.15) is 6.61 Å². The number of hydrazine groups is 1. The zero-order valence-electron chi connectivity index (χ0n) is 20.2. The minimum atomic E-state index is 0.0599. The third-order valence-corrected chi connectivity index (χ3v) is 6.01. The highest BCUT2D eigenvalue weighted by Crippen LogP contribution is 2.21. The highest BCUT2D eigenvalue weighted by molar-refractivity contribution is 5.65. The maximum Gasteiger partial charge on any atom is 0.159 e. The lowest BCUT2D eigenvalue weighted by atomic mass is 10.1. The number of allylic oxidation sites excluding steroid dienone is 2. The second-order valence-corrected chi connectivity index (χ2v) is 8.62. The number of nitrogens with one attached hydrogen (secondary N) is 1. The van der Waals surface area contributed by atoms with Crippen molar-refractivity contribution in [3.05, 3.63) is 78.5 Å². The molecule has 0 amide bonds. The van der Waals surface area contributed by atoms with E-state index in [2.05, 4.69) is 37.5 Å². The maximum atomic E-state index is 9.11. The minimum absolute atomic E-state index is 0.0599. The van der Waals surface area contributed by atoms with Gasteiger partial charge in [0.2, 0.25) is 0 Å².